The molecule has 2 saturated heterocycles. The van der Waals surface area contributed by atoms with E-state index in [4.69, 9.17) is 9.15 Å². The second kappa shape index (κ2) is 7.72. The molecule has 4 N–H and O–H groups in total. The monoisotopic (exact) mass is 421 g/mol. The van der Waals surface area contributed by atoms with E-state index in [0.717, 1.165) is 0 Å². The van der Waals surface area contributed by atoms with Crippen molar-refractivity contribution in [3.8, 4) is 0 Å². The van der Waals surface area contributed by atoms with Gasteiger partial charge in [0.1, 0.15) is 23.9 Å². The van der Waals surface area contributed by atoms with Gasteiger partial charge in [0.05, 0.1) is 18.0 Å². The molecule has 3 unspecified atom stereocenters. The lowest BCUT2D eigenvalue weighted by atomic mass is 9.86. The van der Waals surface area contributed by atoms with Crippen molar-refractivity contribution in [2.24, 2.45) is 0 Å². The van der Waals surface area contributed by atoms with Gasteiger partial charge in [-0.2, -0.15) is 0 Å². The summed E-state index contributed by atoms with van der Waals surface area (Å²) in [7, 11) is 0. The van der Waals surface area contributed by atoms with Crippen LogP contribution in [0.3, 0.4) is 0 Å². The van der Waals surface area contributed by atoms with E-state index in [1.165, 1.54) is 12.3 Å². The highest BCUT2D eigenvalue weighted by Gasteiger charge is 2.36. The number of aliphatic hydroxyl groups excluding tert-OH is 2. The van der Waals surface area contributed by atoms with Crippen molar-refractivity contribution < 1.29 is 28.6 Å². The number of alkyl carbamates (subject to hydrolysis) is 1. The zero-order valence-corrected chi connectivity index (χ0v) is 17.3. The van der Waals surface area contributed by atoms with Crippen LogP contribution < -0.4 is 15.5 Å². The van der Waals surface area contributed by atoms with Crippen molar-refractivity contribution >= 4 is 22.7 Å². The quantitative estimate of drug-likeness (QED) is 0.603. The summed E-state index contributed by atoms with van der Waals surface area (Å²) in [5, 5.41) is 26.1. The molecule has 9 heteroatoms. The lowest BCUT2D eigenvalue weighted by molar-refractivity contribution is -0.0104. The van der Waals surface area contributed by atoms with Gasteiger partial charge in [0.25, 0.3) is 0 Å². The molecule has 0 spiro atoms. The second-order valence-corrected chi connectivity index (χ2v) is 9.01. The summed E-state index contributed by atoms with van der Waals surface area (Å²) in [6.45, 7) is 6.42. The number of hydrogen-bond acceptors (Lipinski definition) is 7. The predicted molar refractivity (Wildman–Crippen MR) is 109 cm³/mol. The zero-order chi connectivity index (χ0) is 21.6. The lowest BCUT2D eigenvalue weighted by Gasteiger charge is -2.41. The number of piperidine rings is 1. The minimum absolute atomic E-state index is 0.0987. The van der Waals surface area contributed by atoms with Crippen LogP contribution in [0.25, 0.3) is 11.0 Å². The fraction of sp³-hybridized carbons (Fsp3) is 0.571. The molecule has 0 radical (unpaired) electrons. The third kappa shape index (κ3) is 4.10. The molecule has 3 heterocycles. The minimum atomic E-state index is -1.04. The Morgan fingerprint density at radius 2 is 2.07 bits per heavy atom. The van der Waals surface area contributed by atoms with Crippen molar-refractivity contribution in [3.05, 3.63) is 29.8 Å². The van der Waals surface area contributed by atoms with E-state index in [9.17, 15) is 15.0 Å². The molecule has 1 amide bonds. The first-order chi connectivity index (χ1) is 14.1. The summed E-state index contributed by atoms with van der Waals surface area (Å²) < 4.78 is 26.1. The Bertz CT molecular complexity index is 935. The molecule has 0 aliphatic carbocycles. The van der Waals surface area contributed by atoms with Crippen LogP contribution in [0.2, 0.25) is 0 Å². The van der Waals surface area contributed by atoms with E-state index in [0.29, 0.717) is 48.2 Å². The highest BCUT2D eigenvalue weighted by Crippen LogP contribution is 2.40. The van der Waals surface area contributed by atoms with E-state index >= 15 is 4.39 Å². The third-order valence-corrected chi connectivity index (χ3v) is 5.52. The molecule has 4 rings (SSSR count). The van der Waals surface area contributed by atoms with Crippen molar-refractivity contribution in [2.75, 3.05) is 18.0 Å². The fourth-order valence-electron chi connectivity index (χ4n) is 4.16. The zero-order valence-electron chi connectivity index (χ0n) is 17.3. The fourth-order valence-corrected chi connectivity index (χ4v) is 4.16. The van der Waals surface area contributed by atoms with Crippen molar-refractivity contribution in [1.82, 2.24) is 10.6 Å². The highest BCUT2D eigenvalue weighted by molar-refractivity contribution is 5.93. The number of rotatable bonds is 3. The summed E-state index contributed by atoms with van der Waals surface area (Å²) in [5.74, 6) is -0.912. The summed E-state index contributed by atoms with van der Waals surface area (Å²) in [6.07, 6.45) is 0.0691. The number of nitrogens with zero attached hydrogens (tertiary/aromatic N) is 1. The van der Waals surface area contributed by atoms with Gasteiger partial charge in [-0.15, -0.1) is 0 Å². The van der Waals surface area contributed by atoms with E-state index in [1.807, 2.05) is 4.90 Å². The van der Waals surface area contributed by atoms with Gasteiger partial charge in [0.2, 0.25) is 0 Å². The van der Waals surface area contributed by atoms with Gasteiger partial charge in [-0.3, -0.25) is 5.32 Å². The van der Waals surface area contributed by atoms with Crippen molar-refractivity contribution in [1.29, 1.82) is 0 Å². The Labute approximate surface area is 174 Å². The number of carbonyl (C=O) groups is 1. The van der Waals surface area contributed by atoms with Gasteiger partial charge in [0.15, 0.2) is 5.58 Å². The summed E-state index contributed by atoms with van der Waals surface area (Å²) in [5.41, 5.74) is 0.970. The first-order valence-corrected chi connectivity index (χ1v) is 10.2. The Hall–Kier alpha value is -2.36. The van der Waals surface area contributed by atoms with Crippen LogP contribution in [-0.4, -0.2) is 53.5 Å². The molecule has 164 valence electrons. The van der Waals surface area contributed by atoms with Crippen LogP contribution in [0, 0.1) is 5.82 Å². The Morgan fingerprint density at radius 1 is 1.33 bits per heavy atom. The summed E-state index contributed by atoms with van der Waals surface area (Å²) in [4.78, 5) is 13.9. The van der Waals surface area contributed by atoms with E-state index in [1.54, 1.807) is 26.8 Å². The molecule has 8 nitrogen and oxygen atoms in total. The van der Waals surface area contributed by atoms with Crippen LogP contribution in [0.5, 0.6) is 0 Å². The number of hydrogen-bond donors (Lipinski definition) is 4. The van der Waals surface area contributed by atoms with E-state index in [2.05, 4.69) is 10.6 Å². The number of carbonyl (C=O) groups excluding carboxylic acids is 1. The lowest BCUT2D eigenvalue weighted by Crippen LogP contribution is -2.60. The molecule has 2 aliphatic rings. The van der Waals surface area contributed by atoms with Gasteiger partial charge < -0.3 is 29.6 Å². The highest BCUT2D eigenvalue weighted by atomic mass is 19.1. The number of fused-ring (bicyclic) bond motifs is 1. The number of halogens is 1. The van der Waals surface area contributed by atoms with Crippen molar-refractivity contribution in [3.63, 3.8) is 0 Å². The molecular formula is C21H28FN3O5. The van der Waals surface area contributed by atoms with Gasteiger partial charge in [-0.1, -0.05) is 0 Å². The number of benzene rings is 1. The average Bonchev–Trinajstić information content (AvgIpc) is 3.06. The first-order valence-electron chi connectivity index (χ1n) is 10.2. The Kier molecular flexibility index (Phi) is 5.37. The van der Waals surface area contributed by atoms with Gasteiger partial charge in [0, 0.05) is 36.0 Å². The van der Waals surface area contributed by atoms with E-state index < -0.39 is 35.9 Å². The second-order valence-electron chi connectivity index (χ2n) is 9.01. The number of anilines is 1. The maximum absolute atomic E-state index is 15.2. The smallest absolute Gasteiger partial charge is 0.407 e. The van der Waals surface area contributed by atoms with Gasteiger partial charge >= 0.3 is 6.09 Å². The standard InChI is InChI=1S/C21H28FN3O5/c1-21(2,3)30-20(28)23-11-9-25(10-11)15-8-14(22)17(12-6-7-29-18(12)15)13-4-5-16(26)24-19(13)27/h6-8,11,13,16,19,24,26-27H,4-5,9-10H2,1-3H3,(H,23,28). The third-order valence-electron chi connectivity index (χ3n) is 5.52. The largest absolute Gasteiger partial charge is 0.462 e. The number of nitrogens with one attached hydrogen (secondary N) is 2. The van der Waals surface area contributed by atoms with Crippen LogP contribution in [0.15, 0.2) is 22.8 Å². The molecule has 1 aromatic heterocycles. The number of furan rings is 1. The number of aliphatic hydroxyl groups is 2. The van der Waals surface area contributed by atoms with Crippen LogP contribution in [0.1, 0.15) is 45.1 Å². The maximum Gasteiger partial charge on any atom is 0.407 e. The average molecular weight is 421 g/mol. The van der Waals surface area contributed by atoms with Gasteiger partial charge in [-0.05, 0) is 39.7 Å². The molecule has 2 aliphatic heterocycles. The molecule has 0 saturated carbocycles. The topological polar surface area (TPSA) is 107 Å². The Balaban J connectivity index is 1.51. The number of ether oxygens (including phenoxy) is 1. The molecule has 2 aromatic rings. The molecule has 3 atom stereocenters. The van der Waals surface area contributed by atoms with Gasteiger partial charge in [-0.25, -0.2) is 9.18 Å². The Morgan fingerprint density at radius 3 is 2.73 bits per heavy atom. The summed E-state index contributed by atoms with van der Waals surface area (Å²) >= 11 is 0. The van der Waals surface area contributed by atoms with Crippen LogP contribution in [-0.2, 0) is 4.74 Å². The SMILES string of the molecule is CC(C)(C)OC(=O)NC1CN(c2cc(F)c(C3CCC(O)NC3O)c3ccoc23)C1. The minimum Gasteiger partial charge on any atom is -0.462 e. The number of amides is 1. The molecule has 30 heavy (non-hydrogen) atoms. The summed E-state index contributed by atoms with van der Waals surface area (Å²) in [6, 6.07) is 3.02. The predicted octanol–water partition coefficient (Wildman–Crippen LogP) is 2.39. The molecule has 1 aromatic carbocycles. The van der Waals surface area contributed by atoms with Crippen LogP contribution in [0.4, 0.5) is 14.9 Å². The molecule has 2 fully saturated rings. The molecular weight excluding hydrogens is 393 g/mol. The maximum atomic E-state index is 15.2. The van der Waals surface area contributed by atoms with Crippen LogP contribution >= 0.6 is 0 Å². The first kappa shape index (κ1) is 20.9. The van der Waals surface area contributed by atoms with Crippen molar-refractivity contribution in [2.45, 2.75) is 63.6 Å². The normalized spacial score (nSPS) is 25.3. The van der Waals surface area contributed by atoms with E-state index in [-0.39, 0.29) is 6.04 Å². The molecule has 0 bridgehead atoms.